The van der Waals surface area contributed by atoms with E-state index in [-0.39, 0.29) is 25.1 Å². The lowest BCUT2D eigenvalue weighted by molar-refractivity contribution is -0.168. The van der Waals surface area contributed by atoms with Crippen LogP contribution in [0.2, 0.25) is 0 Å². The van der Waals surface area contributed by atoms with E-state index in [1.807, 2.05) is 30.3 Å². The van der Waals surface area contributed by atoms with Crippen LogP contribution in [0.25, 0.3) is 0 Å². The molecule has 4 nitrogen and oxygen atoms in total. The summed E-state index contributed by atoms with van der Waals surface area (Å²) in [6.07, 6.45) is 0.181. The zero-order valence-corrected chi connectivity index (χ0v) is 10.0. The fraction of sp³-hybridized carbons (Fsp3) is 0.385. The molecule has 0 saturated heterocycles. The zero-order chi connectivity index (χ0) is 12.7. The van der Waals surface area contributed by atoms with E-state index in [2.05, 4.69) is 0 Å². The third kappa shape index (κ3) is 5.15. The maximum absolute atomic E-state index is 11.4. The molecule has 0 aromatic heterocycles. The molecule has 1 aromatic rings. The summed E-state index contributed by atoms with van der Waals surface area (Å²) in [6, 6.07) is 9.24. The van der Waals surface area contributed by atoms with Crippen molar-refractivity contribution >= 4 is 11.9 Å². The fourth-order valence-electron chi connectivity index (χ4n) is 1.13. The molecule has 0 heterocycles. The van der Waals surface area contributed by atoms with E-state index in [0.717, 1.165) is 5.56 Å². The molecule has 0 bridgehead atoms. The van der Waals surface area contributed by atoms with Crippen LogP contribution in [0.4, 0.5) is 0 Å². The highest BCUT2D eigenvalue weighted by Gasteiger charge is 2.09. The molecular weight excluding hydrogens is 220 g/mol. The molecular formula is C13H16O4. The Kier molecular flexibility index (Phi) is 5.20. The number of carbonyl (C=O) groups is 2. The van der Waals surface area contributed by atoms with Gasteiger partial charge in [-0.3, -0.25) is 9.59 Å². The van der Waals surface area contributed by atoms with Crippen molar-refractivity contribution in [1.29, 1.82) is 0 Å². The third-order valence-corrected chi connectivity index (χ3v) is 2.08. The van der Waals surface area contributed by atoms with Crippen molar-refractivity contribution in [2.45, 2.75) is 20.3 Å². The summed E-state index contributed by atoms with van der Waals surface area (Å²) in [7, 11) is 0. The SMILES string of the molecule is CC(C)C(=O)OCOC(=O)Cc1ccccc1. The van der Waals surface area contributed by atoms with Gasteiger partial charge in [-0.25, -0.2) is 0 Å². The second-order valence-corrected chi connectivity index (χ2v) is 3.91. The van der Waals surface area contributed by atoms with Gasteiger partial charge in [-0.15, -0.1) is 0 Å². The molecule has 1 aromatic carbocycles. The lowest BCUT2D eigenvalue weighted by Gasteiger charge is -2.07. The summed E-state index contributed by atoms with van der Waals surface area (Å²) >= 11 is 0. The Morgan fingerprint density at radius 3 is 2.35 bits per heavy atom. The number of hydrogen-bond donors (Lipinski definition) is 0. The molecule has 92 valence electrons. The minimum atomic E-state index is -0.409. The first kappa shape index (κ1) is 13.2. The van der Waals surface area contributed by atoms with Crippen molar-refractivity contribution in [1.82, 2.24) is 0 Å². The molecule has 1 rings (SSSR count). The Morgan fingerprint density at radius 1 is 1.12 bits per heavy atom. The standard InChI is InChI=1S/C13H16O4/c1-10(2)13(15)17-9-16-12(14)8-11-6-4-3-5-7-11/h3-7,10H,8-9H2,1-2H3. The Hall–Kier alpha value is -1.84. The van der Waals surface area contributed by atoms with Crippen molar-refractivity contribution in [3.8, 4) is 0 Å². The number of hydrogen-bond acceptors (Lipinski definition) is 4. The maximum Gasteiger partial charge on any atom is 0.313 e. The molecule has 0 radical (unpaired) electrons. The molecule has 0 unspecified atom stereocenters. The van der Waals surface area contributed by atoms with E-state index in [0.29, 0.717) is 0 Å². The van der Waals surface area contributed by atoms with Crippen molar-refractivity contribution in [3.05, 3.63) is 35.9 Å². The molecule has 0 saturated carbocycles. The molecule has 0 atom stereocenters. The highest BCUT2D eigenvalue weighted by molar-refractivity contribution is 5.73. The van der Waals surface area contributed by atoms with Crippen LogP contribution in [0.3, 0.4) is 0 Å². The van der Waals surface area contributed by atoms with Gasteiger partial charge in [0.15, 0.2) is 0 Å². The molecule has 0 aliphatic heterocycles. The predicted octanol–water partition coefficient (Wildman–Crippen LogP) is 1.93. The number of carbonyl (C=O) groups excluding carboxylic acids is 2. The van der Waals surface area contributed by atoms with Gasteiger partial charge in [0, 0.05) is 0 Å². The monoisotopic (exact) mass is 236 g/mol. The Balaban J connectivity index is 2.25. The normalized spacial score (nSPS) is 10.1. The highest BCUT2D eigenvalue weighted by atomic mass is 16.7. The first-order valence-corrected chi connectivity index (χ1v) is 5.46. The smallest absolute Gasteiger partial charge is 0.313 e. The lowest BCUT2D eigenvalue weighted by atomic mass is 10.2. The van der Waals surface area contributed by atoms with Crippen LogP contribution in [0, 0.1) is 5.92 Å². The minimum Gasteiger partial charge on any atom is -0.428 e. The first-order chi connectivity index (χ1) is 8.09. The van der Waals surface area contributed by atoms with Crippen molar-refractivity contribution < 1.29 is 19.1 Å². The van der Waals surface area contributed by atoms with Gasteiger partial charge in [0.05, 0.1) is 12.3 Å². The van der Waals surface area contributed by atoms with Gasteiger partial charge in [0.25, 0.3) is 0 Å². The Bertz CT molecular complexity index is 370. The van der Waals surface area contributed by atoms with Crippen LogP contribution in [-0.2, 0) is 25.5 Å². The lowest BCUT2D eigenvalue weighted by Crippen LogP contribution is -2.17. The summed E-state index contributed by atoms with van der Waals surface area (Å²) in [5.74, 6) is -1.01. The molecule has 17 heavy (non-hydrogen) atoms. The van der Waals surface area contributed by atoms with Crippen LogP contribution in [0.1, 0.15) is 19.4 Å². The van der Waals surface area contributed by atoms with Gasteiger partial charge in [0.1, 0.15) is 0 Å². The van der Waals surface area contributed by atoms with E-state index >= 15 is 0 Å². The summed E-state index contributed by atoms with van der Waals surface area (Å²) < 4.78 is 9.51. The van der Waals surface area contributed by atoms with Crippen molar-refractivity contribution in [2.24, 2.45) is 5.92 Å². The van der Waals surface area contributed by atoms with E-state index in [1.165, 1.54) is 0 Å². The Labute approximate surface area is 101 Å². The Morgan fingerprint density at radius 2 is 1.76 bits per heavy atom. The summed E-state index contributed by atoms with van der Waals surface area (Å²) in [5.41, 5.74) is 0.868. The number of benzene rings is 1. The summed E-state index contributed by atoms with van der Waals surface area (Å²) in [5, 5.41) is 0. The van der Waals surface area contributed by atoms with Gasteiger partial charge in [-0.2, -0.15) is 0 Å². The first-order valence-electron chi connectivity index (χ1n) is 5.46. The number of ether oxygens (including phenoxy) is 2. The van der Waals surface area contributed by atoms with Crippen LogP contribution in [0.15, 0.2) is 30.3 Å². The average Bonchev–Trinajstić information content (AvgIpc) is 2.30. The summed E-state index contributed by atoms with van der Waals surface area (Å²) in [4.78, 5) is 22.4. The maximum atomic E-state index is 11.4. The van der Waals surface area contributed by atoms with Crippen molar-refractivity contribution in [2.75, 3.05) is 6.79 Å². The predicted molar refractivity (Wildman–Crippen MR) is 62.0 cm³/mol. The van der Waals surface area contributed by atoms with Gasteiger partial charge in [0.2, 0.25) is 6.79 Å². The summed E-state index contributed by atoms with van der Waals surface area (Å²) in [6.45, 7) is 3.12. The topological polar surface area (TPSA) is 52.6 Å². The fourth-order valence-corrected chi connectivity index (χ4v) is 1.13. The van der Waals surface area contributed by atoms with Crippen LogP contribution in [-0.4, -0.2) is 18.7 Å². The van der Waals surface area contributed by atoms with Crippen molar-refractivity contribution in [3.63, 3.8) is 0 Å². The zero-order valence-electron chi connectivity index (χ0n) is 10.0. The quantitative estimate of drug-likeness (QED) is 0.579. The van der Waals surface area contributed by atoms with Gasteiger partial charge in [-0.1, -0.05) is 44.2 Å². The largest absolute Gasteiger partial charge is 0.428 e. The van der Waals surface area contributed by atoms with E-state index < -0.39 is 5.97 Å². The number of esters is 2. The van der Waals surface area contributed by atoms with Crippen LogP contribution in [0.5, 0.6) is 0 Å². The molecule has 0 amide bonds. The molecule has 0 aliphatic carbocycles. The van der Waals surface area contributed by atoms with E-state index in [1.54, 1.807) is 13.8 Å². The van der Waals surface area contributed by atoms with Gasteiger partial charge >= 0.3 is 11.9 Å². The van der Waals surface area contributed by atoms with E-state index in [9.17, 15) is 9.59 Å². The molecule has 0 fully saturated rings. The number of rotatable bonds is 5. The average molecular weight is 236 g/mol. The van der Waals surface area contributed by atoms with Gasteiger partial charge in [-0.05, 0) is 5.56 Å². The molecule has 0 N–H and O–H groups in total. The third-order valence-electron chi connectivity index (χ3n) is 2.08. The molecule has 4 heteroatoms. The molecule has 0 aliphatic rings. The van der Waals surface area contributed by atoms with Crippen LogP contribution < -0.4 is 0 Å². The molecule has 0 spiro atoms. The van der Waals surface area contributed by atoms with Gasteiger partial charge < -0.3 is 9.47 Å². The minimum absolute atomic E-state index is 0.181. The second kappa shape index (κ2) is 6.68. The highest BCUT2D eigenvalue weighted by Crippen LogP contribution is 2.01. The van der Waals surface area contributed by atoms with Crippen LogP contribution >= 0.6 is 0 Å². The van der Waals surface area contributed by atoms with E-state index in [4.69, 9.17) is 9.47 Å². The second-order valence-electron chi connectivity index (χ2n) is 3.91.